The van der Waals surface area contributed by atoms with E-state index in [0.717, 1.165) is 48.1 Å². The topological polar surface area (TPSA) is 105 Å². The van der Waals surface area contributed by atoms with E-state index in [1.54, 1.807) is 6.07 Å². The van der Waals surface area contributed by atoms with Crippen LogP contribution in [0.5, 0.6) is 5.75 Å². The number of fused-ring (bicyclic) bond motifs is 1. The second-order valence-corrected chi connectivity index (χ2v) is 9.28. The number of nitrogens with zero attached hydrogens (tertiary/aromatic N) is 3. The molecule has 0 saturated heterocycles. The summed E-state index contributed by atoms with van der Waals surface area (Å²) in [6, 6.07) is 15.3. The monoisotopic (exact) mass is 494 g/mol. The van der Waals surface area contributed by atoms with Crippen LogP contribution in [0.1, 0.15) is 25.7 Å². The van der Waals surface area contributed by atoms with Gasteiger partial charge >= 0.3 is 0 Å². The summed E-state index contributed by atoms with van der Waals surface area (Å²) >= 11 is 5.48. The van der Waals surface area contributed by atoms with E-state index in [1.807, 2.05) is 32.3 Å². The minimum Gasteiger partial charge on any atom is -0.494 e. The van der Waals surface area contributed by atoms with Gasteiger partial charge in [-0.1, -0.05) is 18.2 Å². The van der Waals surface area contributed by atoms with E-state index in [9.17, 15) is 10.1 Å². The summed E-state index contributed by atoms with van der Waals surface area (Å²) in [6.45, 7) is 0. The number of methoxy groups -OCH3 is 1. The van der Waals surface area contributed by atoms with Crippen LogP contribution in [0.25, 0.3) is 10.9 Å². The normalized spacial score (nSPS) is 17.5. The van der Waals surface area contributed by atoms with E-state index in [-0.39, 0.29) is 11.7 Å². The molecule has 0 spiro atoms. The first-order valence-electron chi connectivity index (χ1n) is 11.6. The molecule has 35 heavy (non-hydrogen) atoms. The maximum Gasteiger partial charge on any atom is 0.273 e. The number of para-hydroxylation sites is 1. The highest BCUT2D eigenvalue weighted by atomic mass is 32.1. The zero-order chi connectivity index (χ0) is 24.9. The van der Waals surface area contributed by atoms with E-state index in [2.05, 4.69) is 33.0 Å². The summed E-state index contributed by atoms with van der Waals surface area (Å²) in [6.07, 6.45) is 3.91. The van der Waals surface area contributed by atoms with Crippen LogP contribution in [0.3, 0.4) is 0 Å². The third kappa shape index (κ3) is 5.89. The maximum absolute atomic E-state index is 11.0. The lowest BCUT2D eigenvalue weighted by Crippen LogP contribution is -2.42. The lowest BCUT2D eigenvalue weighted by Gasteiger charge is -2.31. The number of aromatic nitrogens is 1. The summed E-state index contributed by atoms with van der Waals surface area (Å²) in [4.78, 5) is 17.5. The molecular formula is C25H30N6O3S. The average molecular weight is 495 g/mol. The van der Waals surface area contributed by atoms with Crippen LogP contribution in [0.4, 0.5) is 22.9 Å². The maximum atomic E-state index is 11.0. The van der Waals surface area contributed by atoms with E-state index in [4.69, 9.17) is 21.9 Å². The van der Waals surface area contributed by atoms with Gasteiger partial charge in [0.15, 0.2) is 5.11 Å². The third-order valence-corrected chi connectivity index (χ3v) is 6.45. The lowest BCUT2D eigenvalue weighted by atomic mass is 9.91. The quantitative estimate of drug-likeness (QED) is 0.240. The van der Waals surface area contributed by atoms with Crippen molar-refractivity contribution in [1.29, 1.82) is 0 Å². The molecule has 0 aliphatic heterocycles. The number of nitrogens with one attached hydrogen (secondary N) is 3. The first kappa shape index (κ1) is 24.5. The van der Waals surface area contributed by atoms with Gasteiger partial charge in [-0.2, -0.15) is 0 Å². The van der Waals surface area contributed by atoms with Crippen LogP contribution in [0.15, 0.2) is 48.5 Å². The van der Waals surface area contributed by atoms with Crippen LogP contribution in [0.2, 0.25) is 0 Å². The Balaban J connectivity index is 1.32. The number of anilines is 3. The number of nitro groups is 1. The standard InChI is InChI=1S/C25H30N6O3S/c1-30(2)22-15-24(28-20-7-5-4-6-19(20)22)26-16-8-10-17(11-9-16)27-25(35)29-21-13-12-18(31(32)33)14-23(21)34-3/h4-7,12-17H,8-11H2,1-3H3,(H,26,28)(H2,27,29,35). The van der Waals surface area contributed by atoms with Crippen LogP contribution >= 0.6 is 12.2 Å². The summed E-state index contributed by atoms with van der Waals surface area (Å²) < 4.78 is 5.28. The van der Waals surface area contributed by atoms with Crippen LogP contribution < -0.4 is 25.6 Å². The largest absolute Gasteiger partial charge is 0.494 e. The molecule has 3 N–H and O–H groups in total. The molecule has 2 aromatic carbocycles. The summed E-state index contributed by atoms with van der Waals surface area (Å²) in [5.74, 6) is 1.27. The number of rotatable bonds is 7. The zero-order valence-corrected chi connectivity index (χ0v) is 20.9. The van der Waals surface area contributed by atoms with Gasteiger partial charge in [-0.3, -0.25) is 10.1 Å². The molecule has 9 nitrogen and oxygen atoms in total. The highest BCUT2D eigenvalue weighted by Gasteiger charge is 2.23. The molecule has 1 aliphatic carbocycles. The van der Waals surface area contributed by atoms with E-state index < -0.39 is 4.92 Å². The predicted molar refractivity (Wildman–Crippen MR) is 145 cm³/mol. The van der Waals surface area contributed by atoms with Gasteiger partial charge in [-0.15, -0.1) is 0 Å². The molecule has 0 unspecified atom stereocenters. The third-order valence-electron chi connectivity index (χ3n) is 6.23. The fraction of sp³-hybridized carbons (Fsp3) is 0.360. The van der Waals surface area contributed by atoms with Crippen molar-refractivity contribution >= 4 is 51.1 Å². The van der Waals surface area contributed by atoms with E-state index in [0.29, 0.717) is 22.6 Å². The van der Waals surface area contributed by atoms with Crippen molar-refractivity contribution in [1.82, 2.24) is 10.3 Å². The average Bonchev–Trinajstić information content (AvgIpc) is 2.84. The van der Waals surface area contributed by atoms with Crippen molar-refractivity contribution in [2.75, 3.05) is 36.7 Å². The number of non-ortho nitro benzene ring substituents is 1. The highest BCUT2D eigenvalue weighted by molar-refractivity contribution is 7.80. The number of pyridine rings is 1. The Morgan fingerprint density at radius 2 is 1.83 bits per heavy atom. The fourth-order valence-electron chi connectivity index (χ4n) is 4.43. The first-order valence-corrected chi connectivity index (χ1v) is 12.0. The van der Waals surface area contributed by atoms with E-state index >= 15 is 0 Å². The second-order valence-electron chi connectivity index (χ2n) is 8.87. The number of nitro benzene ring substituents is 1. The van der Waals surface area contributed by atoms with Crippen molar-refractivity contribution in [2.24, 2.45) is 0 Å². The SMILES string of the molecule is COc1cc([N+](=O)[O-])ccc1NC(=S)NC1CCC(Nc2cc(N(C)C)c3ccccc3n2)CC1. The zero-order valence-electron chi connectivity index (χ0n) is 20.1. The molecule has 4 rings (SSSR count). The molecule has 1 aliphatic rings. The summed E-state index contributed by atoms with van der Waals surface area (Å²) in [7, 11) is 5.57. The minimum absolute atomic E-state index is 0.0318. The molecule has 1 aromatic heterocycles. The van der Waals surface area contributed by atoms with Gasteiger partial charge in [0, 0.05) is 49.4 Å². The van der Waals surface area contributed by atoms with Crippen LogP contribution in [0, 0.1) is 10.1 Å². The van der Waals surface area contributed by atoms with Gasteiger partial charge in [0.25, 0.3) is 5.69 Å². The Morgan fingerprint density at radius 1 is 1.11 bits per heavy atom. The fourth-order valence-corrected chi connectivity index (χ4v) is 4.71. The van der Waals surface area contributed by atoms with Crippen LogP contribution in [-0.4, -0.2) is 48.3 Å². The van der Waals surface area contributed by atoms with Crippen LogP contribution in [-0.2, 0) is 0 Å². The molecule has 3 aromatic rings. The molecule has 0 amide bonds. The number of hydrogen-bond acceptors (Lipinski definition) is 7. The van der Waals surface area contributed by atoms with Gasteiger partial charge in [0.1, 0.15) is 11.6 Å². The Labute approximate surface area is 210 Å². The van der Waals surface area contributed by atoms with Crippen molar-refractivity contribution in [2.45, 2.75) is 37.8 Å². The smallest absolute Gasteiger partial charge is 0.273 e. The Morgan fingerprint density at radius 3 is 2.51 bits per heavy atom. The Hall–Kier alpha value is -3.66. The number of benzene rings is 2. The molecule has 0 radical (unpaired) electrons. The van der Waals surface area contributed by atoms with Crippen molar-refractivity contribution in [3.8, 4) is 5.75 Å². The molecule has 0 atom stereocenters. The lowest BCUT2D eigenvalue weighted by molar-refractivity contribution is -0.384. The van der Waals surface area contributed by atoms with Gasteiger partial charge in [0.05, 0.1) is 29.3 Å². The second kappa shape index (κ2) is 10.7. The van der Waals surface area contributed by atoms with Crippen molar-refractivity contribution < 1.29 is 9.66 Å². The Bertz CT molecular complexity index is 1230. The summed E-state index contributed by atoms with van der Waals surface area (Å²) in [5, 5.41) is 22.7. The Kier molecular flexibility index (Phi) is 7.50. The first-order chi connectivity index (χ1) is 16.8. The van der Waals surface area contributed by atoms with Gasteiger partial charge in [-0.25, -0.2) is 4.98 Å². The highest BCUT2D eigenvalue weighted by Crippen LogP contribution is 2.30. The molecule has 1 heterocycles. The molecule has 10 heteroatoms. The molecule has 0 bridgehead atoms. The minimum atomic E-state index is -0.454. The molecule has 1 fully saturated rings. The molecule has 184 valence electrons. The molecular weight excluding hydrogens is 464 g/mol. The number of ether oxygens (including phenoxy) is 1. The van der Waals surface area contributed by atoms with Gasteiger partial charge < -0.3 is 25.6 Å². The number of thiocarbonyl (C=S) groups is 1. The van der Waals surface area contributed by atoms with Gasteiger partial charge in [-0.05, 0) is 50.0 Å². The summed E-state index contributed by atoms with van der Waals surface area (Å²) in [5.41, 5.74) is 2.68. The van der Waals surface area contributed by atoms with Crippen molar-refractivity contribution in [3.05, 3.63) is 58.6 Å². The predicted octanol–water partition coefficient (Wildman–Crippen LogP) is 4.93. The number of hydrogen-bond donors (Lipinski definition) is 3. The van der Waals surface area contributed by atoms with Crippen molar-refractivity contribution in [3.63, 3.8) is 0 Å². The van der Waals surface area contributed by atoms with Gasteiger partial charge in [0.2, 0.25) is 0 Å². The van der Waals surface area contributed by atoms with E-state index in [1.165, 1.54) is 19.2 Å². The molecule has 1 saturated carbocycles.